The lowest BCUT2D eigenvalue weighted by Crippen LogP contribution is -2.30. The van der Waals surface area contributed by atoms with Crippen molar-refractivity contribution in [3.8, 4) is 11.8 Å². The van der Waals surface area contributed by atoms with Gasteiger partial charge in [-0.1, -0.05) is 17.7 Å². The first kappa shape index (κ1) is 23.9. The summed E-state index contributed by atoms with van der Waals surface area (Å²) in [6.07, 6.45) is 0. The number of hydrogen-bond donors (Lipinski definition) is 1. The van der Waals surface area contributed by atoms with Crippen molar-refractivity contribution in [2.24, 2.45) is 0 Å². The van der Waals surface area contributed by atoms with E-state index in [9.17, 15) is 14.4 Å². The zero-order valence-corrected chi connectivity index (χ0v) is 20.8. The number of anilines is 2. The first-order chi connectivity index (χ1) is 17.7. The molecule has 1 aromatic heterocycles. The van der Waals surface area contributed by atoms with Crippen LogP contribution in [0.4, 0.5) is 11.4 Å². The quantitative estimate of drug-likeness (QED) is 0.366. The van der Waals surface area contributed by atoms with Crippen LogP contribution in [-0.4, -0.2) is 27.7 Å². The van der Waals surface area contributed by atoms with Crippen LogP contribution in [0.3, 0.4) is 0 Å². The summed E-state index contributed by atoms with van der Waals surface area (Å²) in [6, 6.07) is 19.0. The molecule has 0 spiro atoms. The lowest BCUT2D eigenvalue weighted by molar-refractivity contribution is 0.0925. The molecule has 0 bridgehead atoms. The molecule has 0 radical (unpaired) electrons. The molecule has 5 rings (SSSR count). The highest BCUT2D eigenvalue weighted by Gasteiger charge is 2.37. The van der Waals surface area contributed by atoms with E-state index in [0.717, 1.165) is 22.5 Å². The van der Waals surface area contributed by atoms with E-state index in [1.165, 1.54) is 17.0 Å². The minimum absolute atomic E-state index is 0.204. The van der Waals surface area contributed by atoms with Crippen molar-refractivity contribution in [2.75, 3.05) is 10.2 Å². The minimum Gasteiger partial charge on any atom is -0.424 e. The monoisotopic (exact) mass is 492 g/mol. The molecule has 0 atom stereocenters. The van der Waals surface area contributed by atoms with Gasteiger partial charge in [-0.15, -0.1) is 0 Å². The van der Waals surface area contributed by atoms with Crippen molar-refractivity contribution < 1.29 is 19.1 Å². The number of amides is 3. The average molecular weight is 493 g/mol. The Morgan fingerprint density at radius 1 is 0.784 bits per heavy atom. The summed E-state index contributed by atoms with van der Waals surface area (Å²) in [4.78, 5) is 48.8. The van der Waals surface area contributed by atoms with Crippen LogP contribution in [0.2, 0.25) is 0 Å². The average Bonchev–Trinajstić information content (AvgIpc) is 3.09. The highest BCUT2D eigenvalue weighted by molar-refractivity contribution is 6.35. The van der Waals surface area contributed by atoms with Gasteiger partial charge in [0.15, 0.2) is 0 Å². The Hall–Kier alpha value is -4.85. The van der Waals surface area contributed by atoms with Crippen LogP contribution in [0.25, 0.3) is 0 Å². The van der Waals surface area contributed by atoms with E-state index < -0.39 is 17.7 Å². The molecule has 184 valence electrons. The maximum atomic E-state index is 13.2. The molecule has 0 aliphatic carbocycles. The Kier molecular flexibility index (Phi) is 6.01. The highest BCUT2D eigenvalue weighted by atomic mass is 16.5. The molecule has 3 amide bonds. The third-order valence-electron chi connectivity index (χ3n) is 6.03. The van der Waals surface area contributed by atoms with Crippen LogP contribution in [0, 0.1) is 27.7 Å². The Morgan fingerprint density at radius 2 is 1.46 bits per heavy atom. The molecule has 3 aromatic carbocycles. The maximum Gasteiger partial charge on any atom is 0.322 e. The molecule has 1 N–H and O–H groups in total. The van der Waals surface area contributed by atoms with Gasteiger partial charge in [-0.3, -0.25) is 14.4 Å². The summed E-state index contributed by atoms with van der Waals surface area (Å²) >= 11 is 0. The molecule has 0 saturated carbocycles. The fourth-order valence-corrected chi connectivity index (χ4v) is 4.31. The number of carbonyl (C=O) groups is 3. The Labute approximate surface area is 213 Å². The fourth-order valence-electron chi connectivity index (χ4n) is 4.31. The third-order valence-corrected chi connectivity index (χ3v) is 6.03. The molecule has 8 heteroatoms. The number of aryl methyl sites for hydroxylation is 4. The number of carbonyl (C=O) groups excluding carboxylic acids is 3. The van der Waals surface area contributed by atoms with E-state index in [1.54, 1.807) is 36.4 Å². The Balaban J connectivity index is 1.31. The largest absolute Gasteiger partial charge is 0.424 e. The van der Waals surface area contributed by atoms with Gasteiger partial charge >= 0.3 is 6.01 Å². The molecule has 0 saturated heterocycles. The van der Waals surface area contributed by atoms with Crippen LogP contribution >= 0.6 is 0 Å². The number of aromatic nitrogens is 2. The molecule has 1 aliphatic heterocycles. The minimum atomic E-state index is -0.447. The van der Waals surface area contributed by atoms with Gasteiger partial charge in [0, 0.05) is 22.6 Å². The van der Waals surface area contributed by atoms with Gasteiger partial charge in [0.25, 0.3) is 17.7 Å². The Morgan fingerprint density at radius 3 is 2.14 bits per heavy atom. The van der Waals surface area contributed by atoms with Crippen LogP contribution in [0.1, 0.15) is 53.6 Å². The van der Waals surface area contributed by atoms with Crippen molar-refractivity contribution in [2.45, 2.75) is 27.7 Å². The summed E-state index contributed by atoms with van der Waals surface area (Å²) in [5, 5.41) is 2.81. The van der Waals surface area contributed by atoms with Crippen LogP contribution < -0.4 is 15.0 Å². The predicted molar refractivity (Wildman–Crippen MR) is 139 cm³/mol. The van der Waals surface area contributed by atoms with E-state index in [1.807, 2.05) is 45.9 Å². The van der Waals surface area contributed by atoms with Crippen LogP contribution in [-0.2, 0) is 0 Å². The lowest BCUT2D eigenvalue weighted by Gasteiger charge is -2.16. The van der Waals surface area contributed by atoms with Crippen molar-refractivity contribution in [3.63, 3.8) is 0 Å². The summed E-state index contributed by atoms with van der Waals surface area (Å²) in [7, 11) is 0. The van der Waals surface area contributed by atoms with Crippen molar-refractivity contribution in [1.82, 2.24) is 9.97 Å². The second kappa shape index (κ2) is 9.31. The van der Waals surface area contributed by atoms with Gasteiger partial charge in [0.1, 0.15) is 5.75 Å². The molecule has 4 aromatic rings. The second-order valence-electron chi connectivity index (χ2n) is 9.01. The van der Waals surface area contributed by atoms with Crippen molar-refractivity contribution in [3.05, 3.63) is 106 Å². The molecule has 2 heterocycles. The highest BCUT2D eigenvalue weighted by Crippen LogP contribution is 2.32. The number of hydrogen-bond acceptors (Lipinski definition) is 6. The number of ether oxygens (including phenoxy) is 1. The second-order valence-corrected chi connectivity index (χ2v) is 9.01. The van der Waals surface area contributed by atoms with E-state index in [0.29, 0.717) is 17.1 Å². The van der Waals surface area contributed by atoms with Gasteiger partial charge in [-0.25, -0.2) is 14.9 Å². The topological polar surface area (TPSA) is 101 Å². The molecule has 0 fully saturated rings. The van der Waals surface area contributed by atoms with Gasteiger partial charge in [-0.2, -0.15) is 0 Å². The number of nitrogens with one attached hydrogen (secondary N) is 1. The standard InChI is InChI=1S/C29H24N4O4/c1-16-5-12-25(17(2)13-16)33-27(35)23-11-6-20(15-24(23)28(33)36)26(34)32-21-7-9-22(10-8-21)37-29-30-18(3)14-19(4)31-29/h5-15H,1-4H3,(H,32,34). The Bertz CT molecular complexity index is 1560. The first-order valence-corrected chi connectivity index (χ1v) is 11.7. The van der Waals surface area contributed by atoms with Crippen LogP contribution in [0.15, 0.2) is 66.7 Å². The summed E-state index contributed by atoms with van der Waals surface area (Å²) in [6.45, 7) is 7.54. The lowest BCUT2D eigenvalue weighted by atomic mass is 10.1. The van der Waals surface area contributed by atoms with Crippen LogP contribution in [0.5, 0.6) is 11.8 Å². The third kappa shape index (κ3) is 4.69. The van der Waals surface area contributed by atoms with Gasteiger partial charge in [0.2, 0.25) is 0 Å². The van der Waals surface area contributed by atoms with Crippen molar-refractivity contribution >= 4 is 29.1 Å². The van der Waals surface area contributed by atoms with E-state index >= 15 is 0 Å². The predicted octanol–water partition coefficient (Wildman–Crippen LogP) is 5.56. The molecule has 1 aliphatic rings. The van der Waals surface area contributed by atoms with E-state index in [2.05, 4.69) is 15.3 Å². The van der Waals surface area contributed by atoms with E-state index in [-0.39, 0.29) is 22.7 Å². The maximum absolute atomic E-state index is 13.2. The summed E-state index contributed by atoms with van der Waals surface area (Å²) < 4.78 is 5.71. The number of rotatable bonds is 5. The van der Waals surface area contributed by atoms with Gasteiger partial charge in [0.05, 0.1) is 16.8 Å². The fraction of sp³-hybridized carbons (Fsp3) is 0.138. The van der Waals surface area contributed by atoms with Crippen molar-refractivity contribution in [1.29, 1.82) is 0 Å². The SMILES string of the molecule is Cc1ccc(N2C(=O)c3ccc(C(=O)Nc4ccc(Oc5nc(C)cc(C)n5)cc4)cc3C2=O)c(C)c1. The molecule has 8 nitrogen and oxygen atoms in total. The van der Waals surface area contributed by atoms with Gasteiger partial charge in [-0.05, 0) is 87.9 Å². The number of benzene rings is 3. The molecule has 0 unspecified atom stereocenters. The zero-order valence-electron chi connectivity index (χ0n) is 20.8. The molecular weight excluding hydrogens is 468 g/mol. The normalized spacial score (nSPS) is 12.5. The number of imide groups is 1. The number of fused-ring (bicyclic) bond motifs is 1. The summed E-state index contributed by atoms with van der Waals surface area (Å²) in [5.74, 6) is -0.727. The van der Waals surface area contributed by atoms with E-state index in [4.69, 9.17) is 4.74 Å². The number of nitrogens with zero attached hydrogens (tertiary/aromatic N) is 3. The zero-order chi connectivity index (χ0) is 26.3. The smallest absolute Gasteiger partial charge is 0.322 e. The molecular formula is C29H24N4O4. The van der Waals surface area contributed by atoms with Gasteiger partial charge < -0.3 is 10.1 Å². The first-order valence-electron chi connectivity index (χ1n) is 11.7. The molecule has 37 heavy (non-hydrogen) atoms. The summed E-state index contributed by atoms with van der Waals surface area (Å²) in [5.41, 5.74) is 5.29.